The molecule has 12 heteroatoms. The number of ether oxygens (including phenoxy) is 1. The summed E-state index contributed by atoms with van der Waals surface area (Å²) in [5.41, 5.74) is 6.22. The van der Waals surface area contributed by atoms with E-state index >= 15 is 4.39 Å². The number of amides is 1. The number of halogens is 5. The van der Waals surface area contributed by atoms with Crippen LogP contribution in [0.2, 0.25) is 0 Å². The van der Waals surface area contributed by atoms with Gasteiger partial charge in [-0.25, -0.2) is 4.39 Å². The summed E-state index contributed by atoms with van der Waals surface area (Å²) in [6.07, 6.45) is -1.94. The highest BCUT2D eigenvalue weighted by atomic mass is 35.5. The van der Waals surface area contributed by atoms with E-state index in [2.05, 4.69) is 10.1 Å². The summed E-state index contributed by atoms with van der Waals surface area (Å²) >= 11 is 1.09. The summed E-state index contributed by atoms with van der Waals surface area (Å²) < 4.78 is 56.2. The van der Waals surface area contributed by atoms with Crippen LogP contribution in [0.25, 0.3) is 0 Å². The van der Waals surface area contributed by atoms with Crippen LogP contribution in [0.15, 0.2) is 46.8 Å². The maximum atomic E-state index is 15.2. The quantitative estimate of drug-likeness (QED) is 0.429. The molecule has 0 spiro atoms. The first kappa shape index (κ1) is 27.0. The summed E-state index contributed by atoms with van der Waals surface area (Å²) in [6.45, 7) is 2.40. The number of rotatable bonds is 7. The number of thioether (sulfide) groups is 1. The van der Waals surface area contributed by atoms with Gasteiger partial charge >= 0.3 is 6.36 Å². The number of alkyl halides is 3. The minimum absolute atomic E-state index is 0. The number of carbonyl (C=O) groups is 2. The maximum absolute atomic E-state index is 15.2. The molecule has 2 aliphatic rings. The summed E-state index contributed by atoms with van der Waals surface area (Å²) in [6, 6.07) is 3.32. The van der Waals surface area contributed by atoms with Gasteiger partial charge in [0.05, 0.1) is 16.5 Å². The third-order valence-electron chi connectivity index (χ3n) is 4.96. The van der Waals surface area contributed by atoms with Gasteiger partial charge in [0, 0.05) is 25.0 Å². The lowest BCUT2D eigenvalue weighted by Crippen LogP contribution is -2.52. The molecular formula is C21H24ClF4N3O3S. The fraction of sp³-hybridized carbons (Fsp3) is 0.429. The predicted octanol–water partition coefficient (Wildman–Crippen LogP) is 3.82. The van der Waals surface area contributed by atoms with Crippen molar-refractivity contribution in [2.24, 2.45) is 5.73 Å². The summed E-state index contributed by atoms with van der Waals surface area (Å²) in [4.78, 5) is 26.9. The monoisotopic (exact) mass is 509 g/mol. The lowest BCUT2D eigenvalue weighted by Gasteiger charge is -2.39. The summed E-state index contributed by atoms with van der Waals surface area (Å²) in [5, 5.41) is 2.66. The third kappa shape index (κ3) is 6.64. The molecule has 6 nitrogen and oxygen atoms in total. The standard InChI is InChI=1S/C21H23F4N3O3S.ClH/c1-2-3-8-27-20(30)14-10-28(17-18(29)15(26)11-32-19(17)16(14)22)9-12-4-6-13(7-5-12)31-21(23,24)25;/h4-7,10,15,17H,2-3,8-9,11,26H2,1H3,(H,27,30);1H/t15-,17?;/m0./s1. The smallest absolute Gasteiger partial charge is 0.406 e. The highest BCUT2D eigenvalue weighted by Gasteiger charge is 2.42. The van der Waals surface area contributed by atoms with E-state index in [0.717, 1.165) is 36.7 Å². The maximum Gasteiger partial charge on any atom is 0.573 e. The minimum Gasteiger partial charge on any atom is -0.406 e. The molecular weight excluding hydrogens is 486 g/mol. The molecule has 0 radical (unpaired) electrons. The molecule has 3 N–H and O–H groups in total. The van der Waals surface area contributed by atoms with E-state index in [0.29, 0.717) is 12.1 Å². The van der Waals surface area contributed by atoms with Crippen LogP contribution in [-0.2, 0) is 16.1 Å². The molecule has 0 bridgehead atoms. The minimum atomic E-state index is -4.81. The Morgan fingerprint density at radius 2 is 1.97 bits per heavy atom. The molecule has 2 heterocycles. The predicted molar refractivity (Wildman–Crippen MR) is 119 cm³/mol. The Morgan fingerprint density at radius 1 is 1.30 bits per heavy atom. The molecule has 1 aromatic rings. The molecule has 0 aromatic heterocycles. The number of ketones is 1. The van der Waals surface area contributed by atoms with E-state index in [1.165, 1.54) is 23.2 Å². The first-order valence-corrected chi connectivity index (χ1v) is 11.0. The van der Waals surface area contributed by atoms with Gasteiger partial charge in [0.25, 0.3) is 5.91 Å². The Kier molecular flexibility index (Phi) is 9.21. The van der Waals surface area contributed by atoms with E-state index in [-0.39, 0.29) is 46.7 Å². The van der Waals surface area contributed by atoms with Gasteiger partial charge in [-0.05, 0) is 24.1 Å². The van der Waals surface area contributed by atoms with Gasteiger partial charge in [-0.1, -0.05) is 25.5 Å². The molecule has 33 heavy (non-hydrogen) atoms. The van der Waals surface area contributed by atoms with Crippen molar-refractivity contribution in [3.63, 3.8) is 0 Å². The number of fused-ring (bicyclic) bond motifs is 1. The number of nitrogens with two attached hydrogens (primary N) is 1. The Labute approximate surface area is 199 Å². The second-order valence-electron chi connectivity index (χ2n) is 7.42. The lowest BCUT2D eigenvalue weighted by molar-refractivity contribution is -0.274. The first-order valence-electron chi connectivity index (χ1n) is 10.0. The van der Waals surface area contributed by atoms with E-state index in [9.17, 15) is 22.8 Å². The van der Waals surface area contributed by atoms with Crippen LogP contribution in [0.1, 0.15) is 25.3 Å². The van der Waals surface area contributed by atoms with Gasteiger partial charge in [0.2, 0.25) is 0 Å². The molecule has 1 saturated heterocycles. The van der Waals surface area contributed by atoms with Crippen molar-refractivity contribution in [3.05, 3.63) is 52.3 Å². The number of unbranched alkanes of at least 4 members (excludes halogenated alkanes) is 1. The first-order chi connectivity index (χ1) is 15.1. The number of hydrogen-bond acceptors (Lipinski definition) is 6. The SMILES string of the molecule is CCCCNC(=O)C1=CN(Cc2ccc(OC(F)(F)F)cc2)C2C(=O)[C@@H](N)CSC2=C1F.Cl. The van der Waals surface area contributed by atoms with Gasteiger partial charge in [0.15, 0.2) is 5.78 Å². The summed E-state index contributed by atoms with van der Waals surface area (Å²) in [7, 11) is 0. The molecule has 1 aromatic carbocycles. The van der Waals surface area contributed by atoms with Crippen molar-refractivity contribution < 1.29 is 31.9 Å². The number of hydrogen-bond donors (Lipinski definition) is 2. The normalized spacial score (nSPS) is 20.6. The van der Waals surface area contributed by atoms with Gasteiger partial charge in [-0.2, -0.15) is 0 Å². The van der Waals surface area contributed by atoms with Crippen LogP contribution in [0.5, 0.6) is 5.75 Å². The number of benzene rings is 1. The molecule has 1 fully saturated rings. The van der Waals surface area contributed by atoms with Crippen molar-refractivity contribution >= 4 is 35.9 Å². The molecule has 1 amide bonds. The van der Waals surface area contributed by atoms with E-state index in [1.807, 2.05) is 6.92 Å². The number of Topliss-reactive ketones (excluding diaryl/α,β-unsaturated/α-hetero) is 1. The van der Waals surface area contributed by atoms with Gasteiger partial charge in [0.1, 0.15) is 17.6 Å². The van der Waals surface area contributed by atoms with E-state index in [1.54, 1.807) is 0 Å². The molecule has 0 saturated carbocycles. The molecule has 182 valence electrons. The van der Waals surface area contributed by atoms with Crippen LogP contribution < -0.4 is 15.8 Å². The van der Waals surface area contributed by atoms with Crippen molar-refractivity contribution in [2.45, 2.75) is 44.8 Å². The van der Waals surface area contributed by atoms with Crippen molar-refractivity contribution in [3.8, 4) is 5.75 Å². The lowest BCUT2D eigenvalue weighted by atomic mass is 9.98. The van der Waals surface area contributed by atoms with Gasteiger partial charge < -0.3 is 20.7 Å². The zero-order chi connectivity index (χ0) is 23.5. The van der Waals surface area contributed by atoms with Gasteiger partial charge in [-0.15, -0.1) is 37.3 Å². The number of carbonyl (C=O) groups excluding carboxylic acids is 2. The Morgan fingerprint density at radius 3 is 2.58 bits per heavy atom. The van der Waals surface area contributed by atoms with Crippen LogP contribution in [-0.4, -0.2) is 47.3 Å². The number of nitrogens with zero attached hydrogens (tertiary/aromatic N) is 1. The second-order valence-corrected chi connectivity index (χ2v) is 8.48. The topological polar surface area (TPSA) is 84.7 Å². The molecule has 2 atom stereocenters. The van der Waals surface area contributed by atoms with Gasteiger partial charge in [-0.3, -0.25) is 9.59 Å². The highest BCUT2D eigenvalue weighted by Crippen LogP contribution is 2.40. The fourth-order valence-corrected chi connectivity index (χ4v) is 4.55. The second kappa shape index (κ2) is 11.3. The van der Waals surface area contributed by atoms with E-state index < -0.39 is 30.2 Å². The zero-order valence-electron chi connectivity index (χ0n) is 17.7. The Bertz CT molecular complexity index is 938. The molecule has 2 aliphatic heterocycles. The average molecular weight is 510 g/mol. The molecule has 0 aliphatic carbocycles. The highest BCUT2D eigenvalue weighted by molar-refractivity contribution is 8.03. The fourth-order valence-electron chi connectivity index (χ4n) is 3.38. The van der Waals surface area contributed by atoms with Crippen LogP contribution in [0.4, 0.5) is 17.6 Å². The summed E-state index contributed by atoms with van der Waals surface area (Å²) in [5.74, 6) is -1.92. The van der Waals surface area contributed by atoms with Crippen molar-refractivity contribution in [1.29, 1.82) is 0 Å². The number of nitrogens with one attached hydrogen (secondary N) is 1. The third-order valence-corrected chi connectivity index (χ3v) is 6.20. The zero-order valence-corrected chi connectivity index (χ0v) is 19.3. The average Bonchev–Trinajstić information content (AvgIpc) is 2.72. The Balaban J connectivity index is 0.00000385. The molecule has 3 rings (SSSR count). The van der Waals surface area contributed by atoms with Crippen LogP contribution in [0.3, 0.4) is 0 Å². The largest absolute Gasteiger partial charge is 0.573 e. The Hall–Kier alpha value is -2.24. The molecule has 1 unspecified atom stereocenters. The van der Waals surface area contributed by atoms with Crippen LogP contribution in [0, 0.1) is 0 Å². The van der Waals surface area contributed by atoms with E-state index in [4.69, 9.17) is 5.73 Å². The van der Waals surface area contributed by atoms with Crippen molar-refractivity contribution in [1.82, 2.24) is 10.2 Å². The van der Waals surface area contributed by atoms with Crippen LogP contribution >= 0.6 is 24.2 Å². The van der Waals surface area contributed by atoms with Crippen molar-refractivity contribution in [2.75, 3.05) is 12.3 Å².